The van der Waals surface area contributed by atoms with Crippen LogP contribution in [0.2, 0.25) is 0 Å². The van der Waals surface area contributed by atoms with Crippen molar-refractivity contribution in [2.24, 2.45) is 5.92 Å². The van der Waals surface area contributed by atoms with Gasteiger partial charge in [-0.15, -0.1) is 0 Å². The molecule has 1 aliphatic carbocycles. The van der Waals surface area contributed by atoms with Crippen molar-refractivity contribution in [1.82, 2.24) is 9.55 Å². The fourth-order valence-corrected chi connectivity index (χ4v) is 4.40. The number of alkyl halides is 3. The normalized spacial score (nSPS) is 21.2. The SMILES string of the molecule is Cc1c(F)c(N2CCC(C(O)C(F)(F)F)C2)c(C)c2c1c(=O)[nH]c(=O)n2C1CC1. The van der Waals surface area contributed by atoms with Crippen LogP contribution < -0.4 is 16.1 Å². The van der Waals surface area contributed by atoms with E-state index in [1.807, 2.05) is 0 Å². The van der Waals surface area contributed by atoms with E-state index in [9.17, 15) is 27.9 Å². The number of H-pyrrole nitrogens is 1. The Kier molecular flexibility index (Phi) is 4.52. The van der Waals surface area contributed by atoms with Gasteiger partial charge in [0.15, 0.2) is 11.9 Å². The molecule has 1 aromatic heterocycles. The molecule has 2 aromatic rings. The van der Waals surface area contributed by atoms with Crippen LogP contribution in [0.4, 0.5) is 23.2 Å². The smallest absolute Gasteiger partial charge is 0.383 e. The molecular formula is C19H21F4N3O3. The van der Waals surface area contributed by atoms with Crippen molar-refractivity contribution in [3.8, 4) is 0 Å². The van der Waals surface area contributed by atoms with Crippen LogP contribution in [0.1, 0.15) is 36.4 Å². The van der Waals surface area contributed by atoms with Crippen molar-refractivity contribution in [3.63, 3.8) is 0 Å². The van der Waals surface area contributed by atoms with Crippen molar-refractivity contribution in [2.75, 3.05) is 18.0 Å². The molecule has 0 radical (unpaired) electrons. The van der Waals surface area contributed by atoms with Crippen molar-refractivity contribution in [3.05, 3.63) is 37.8 Å². The molecule has 1 aromatic carbocycles. The summed E-state index contributed by atoms with van der Waals surface area (Å²) >= 11 is 0. The van der Waals surface area contributed by atoms with Gasteiger partial charge in [0.2, 0.25) is 0 Å². The molecule has 2 unspecified atom stereocenters. The first-order valence-corrected chi connectivity index (χ1v) is 9.49. The average molecular weight is 415 g/mol. The first-order chi connectivity index (χ1) is 13.5. The number of nitrogens with zero attached hydrogens (tertiary/aromatic N) is 2. The summed E-state index contributed by atoms with van der Waals surface area (Å²) in [5, 5.41) is 9.66. The molecule has 0 bridgehead atoms. The van der Waals surface area contributed by atoms with Gasteiger partial charge in [-0.05, 0) is 33.1 Å². The van der Waals surface area contributed by atoms with Crippen LogP contribution in [-0.2, 0) is 0 Å². The molecule has 2 fully saturated rings. The van der Waals surface area contributed by atoms with E-state index in [0.717, 1.165) is 12.8 Å². The Morgan fingerprint density at radius 2 is 1.79 bits per heavy atom. The first kappa shape index (κ1) is 19.9. The molecule has 2 N–H and O–H groups in total. The van der Waals surface area contributed by atoms with E-state index in [0.29, 0.717) is 11.1 Å². The number of benzene rings is 1. The van der Waals surface area contributed by atoms with Crippen molar-refractivity contribution in [2.45, 2.75) is 51.4 Å². The third-order valence-electron chi connectivity index (χ3n) is 6.00. The number of nitrogens with one attached hydrogen (secondary N) is 1. The largest absolute Gasteiger partial charge is 0.414 e. The molecule has 0 amide bonds. The fourth-order valence-electron chi connectivity index (χ4n) is 4.40. The number of anilines is 1. The molecule has 10 heteroatoms. The van der Waals surface area contributed by atoms with E-state index < -0.39 is 35.3 Å². The molecule has 29 heavy (non-hydrogen) atoms. The highest BCUT2D eigenvalue weighted by atomic mass is 19.4. The van der Waals surface area contributed by atoms with Crippen molar-refractivity contribution >= 4 is 16.6 Å². The highest BCUT2D eigenvalue weighted by Crippen LogP contribution is 2.41. The minimum atomic E-state index is -4.74. The lowest BCUT2D eigenvalue weighted by Gasteiger charge is -2.26. The Morgan fingerprint density at radius 1 is 1.14 bits per heavy atom. The number of hydrogen-bond acceptors (Lipinski definition) is 4. The van der Waals surface area contributed by atoms with E-state index in [-0.39, 0.29) is 42.2 Å². The summed E-state index contributed by atoms with van der Waals surface area (Å²) in [4.78, 5) is 28.5. The van der Waals surface area contributed by atoms with Crippen LogP contribution in [0.5, 0.6) is 0 Å². The Bertz CT molecular complexity index is 1100. The number of aromatic nitrogens is 2. The highest BCUT2D eigenvalue weighted by molar-refractivity contribution is 5.90. The summed E-state index contributed by atoms with van der Waals surface area (Å²) in [5.41, 5.74) is -0.436. The van der Waals surface area contributed by atoms with Gasteiger partial charge in [-0.2, -0.15) is 13.2 Å². The van der Waals surface area contributed by atoms with Crippen LogP contribution in [-0.4, -0.2) is 40.0 Å². The second-order valence-corrected chi connectivity index (χ2v) is 7.98. The van der Waals surface area contributed by atoms with Crippen LogP contribution in [0.15, 0.2) is 9.59 Å². The zero-order valence-corrected chi connectivity index (χ0v) is 15.9. The zero-order chi connectivity index (χ0) is 21.2. The maximum Gasteiger partial charge on any atom is 0.414 e. The lowest BCUT2D eigenvalue weighted by Crippen LogP contribution is -2.37. The number of aliphatic hydroxyl groups is 1. The van der Waals surface area contributed by atoms with Crippen LogP contribution in [0, 0.1) is 25.6 Å². The van der Waals surface area contributed by atoms with E-state index >= 15 is 4.39 Å². The second-order valence-electron chi connectivity index (χ2n) is 7.98. The summed E-state index contributed by atoms with van der Waals surface area (Å²) in [6.45, 7) is 2.97. The van der Waals surface area contributed by atoms with Gasteiger partial charge in [-0.1, -0.05) is 0 Å². The van der Waals surface area contributed by atoms with Crippen LogP contribution >= 0.6 is 0 Å². The second kappa shape index (κ2) is 6.58. The third-order valence-corrected chi connectivity index (χ3v) is 6.00. The minimum absolute atomic E-state index is 0.0519. The summed E-state index contributed by atoms with van der Waals surface area (Å²) in [6, 6.07) is -0.0864. The van der Waals surface area contributed by atoms with Crippen molar-refractivity contribution in [1.29, 1.82) is 0 Å². The molecule has 6 nitrogen and oxygen atoms in total. The standard InChI is InChI=1S/C19H21F4N3O3/c1-8-12-14(26(11-3-4-11)18(29)24-17(12)28)9(2)15(13(8)20)25-6-5-10(7-25)16(27)19(21,22)23/h10-11,16,27H,3-7H2,1-2H3,(H,24,28,29). The molecule has 2 heterocycles. The number of hydrogen-bond donors (Lipinski definition) is 2. The van der Waals surface area contributed by atoms with Gasteiger partial charge in [0.25, 0.3) is 5.56 Å². The molecule has 1 saturated carbocycles. The molecule has 4 rings (SSSR count). The molecule has 1 aliphatic heterocycles. The lowest BCUT2D eigenvalue weighted by molar-refractivity contribution is -0.217. The summed E-state index contributed by atoms with van der Waals surface area (Å²) in [6.07, 6.45) is -5.65. The summed E-state index contributed by atoms with van der Waals surface area (Å²) < 4.78 is 55.4. The lowest BCUT2D eigenvalue weighted by atomic mass is 10.0. The quantitative estimate of drug-likeness (QED) is 0.756. The molecule has 2 atom stereocenters. The first-order valence-electron chi connectivity index (χ1n) is 9.49. The predicted octanol–water partition coefficient (Wildman–Crippen LogP) is 2.53. The van der Waals surface area contributed by atoms with E-state index in [2.05, 4.69) is 4.98 Å². The maximum absolute atomic E-state index is 15.3. The Hall–Kier alpha value is -2.36. The van der Waals surface area contributed by atoms with Crippen LogP contribution in [0.25, 0.3) is 10.9 Å². The Balaban J connectivity index is 1.88. The summed E-state index contributed by atoms with van der Waals surface area (Å²) in [5.74, 6) is -1.77. The average Bonchev–Trinajstić information content (AvgIpc) is 3.35. The minimum Gasteiger partial charge on any atom is -0.383 e. The molecule has 1 saturated heterocycles. The van der Waals surface area contributed by atoms with Gasteiger partial charge in [-0.25, -0.2) is 9.18 Å². The van der Waals surface area contributed by atoms with Gasteiger partial charge in [0.05, 0.1) is 16.6 Å². The maximum atomic E-state index is 15.3. The van der Waals surface area contributed by atoms with Gasteiger partial charge < -0.3 is 10.0 Å². The zero-order valence-electron chi connectivity index (χ0n) is 15.9. The summed E-state index contributed by atoms with van der Waals surface area (Å²) in [7, 11) is 0. The fraction of sp³-hybridized carbons (Fsp3) is 0.579. The number of aliphatic hydroxyl groups excluding tert-OH is 1. The number of rotatable bonds is 3. The Labute approximate surface area is 162 Å². The monoisotopic (exact) mass is 415 g/mol. The van der Waals surface area contributed by atoms with Gasteiger partial charge in [0.1, 0.15) is 0 Å². The number of aryl methyl sites for hydroxylation is 2. The number of aromatic amines is 1. The Morgan fingerprint density at radius 3 is 2.38 bits per heavy atom. The third kappa shape index (κ3) is 3.13. The molecular weight excluding hydrogens is 394 g/mol. The molecule has 0 spiro atoms. The molecule has 2 aliphatic rings. The van der Waals surface area contributed by atoms with Crippen molar-refractivity contribution < 1.29 is 22.7 Å². The van der Waals surface area contributed by atoms with Crippen LogP contribution in [0.3, 0.4) is 0 Å². The highest BCUT2D eigenvalue weighted by Gasteiger charge is 2.46. The predicted molar refractivity (Wildman–Crippen MR) is 98.9 cm³/mol. The van der Waals surface area contributed by atoms with Gasteiger partial charge >= 0.3 is 11.9 Å². The topological polar surface area (TPSA) is 78.3 Å². The number of halogens is 4. The van der Waals surface area contributed by atoms with E-state index in [1.165, 1.54) is 16.4 Å². The molecule has 158 valence electrons. The van der Waals surface area contributed by atoms with Gasteiger partial charge in [-0.3, -0.25) is 14.3 Å². The number of fused-ring (bicyclic) bond motifs is 1. The van der Waals surface area contributed by atoms with E-state index in [1.54, 1.807) is 6.92 Å². The van der Waals surface area contributed by atoms with Gasteiger partial charge in [0, 0.05) is 36.2 Å². The van der Waals surface area contributed by atoms with E-state index in [4.69, 9.17) is 0 Å².